The molecule has 8 nitrogen and oxygen atoms in total. The molecule has 0 amide bonds. The van der Waals surface area contributed by atoms with Gasteiger partial charge in [-0.2, -0.15) is 0 Å². The first-order valence-corrected chi connectivity index (χ1v) is 16.1. The van der Waals surface area contributed by atoms with Gasteiger partial charge in [0.15, 0.2) is 5.69 Å². The predicted molar refractivity (Wildman–Crippen MR) is 160 cm³/mol. The summed E-state index contributed by atoms with van der Waals surface area (Å²) in [5.74, 6) is 3.49. The van der Waals surface area contributed by atoms with Crippen molar-refractivity contribution in [3.63, 3.8) is 0 Å². The Bertz CT molecular complexity index is 1660. The minimum absolute atomic E-state index is 0.0355. The molecule has 3 aromatic rings. The molecule has 3 unspecified atom stereocenters. The van der Waals surface area contributed by atoms with E-state index in [2.05, 4.69) is 11.8 Å². The van der Waals surface area contributed by atoms with Crippen LogP contribution in [0.3, 0.4) is 0 Å². The van der Waals surface area contributed by atoms with Crippen molar-refractivity contribution >= 4 is 17.0 Å². The smallest absolute Gasteiger partial charge is 0.323 e. The van der Waals surface area contributed by atoms with Crippen LogP contribution in [0.4, 0.5) is 0 Å². The van der Waals surface area contributed by atoms with Crippen molar-refractivity contribution in [1.82, 2.24) is 19.0 Å². The van der Waals surface area contributed by atoms with E-state index in [0.717, 1.165) is 52.5 Å². The first kappa shape index (κ1) is 26.4. The zero-order valence-corrected chi connectivity index (χ0v) is 24.3. The second-order valence-electron chi connectivity index (χ2n) is 14.0. The van der Waals surface area contributed by atoms with E-state index in [1.165, 1.54) is 51.0 Å². The molecule has 0 radical (unpaired) electrons. The van der Waals surface area contributed by atoms with Crippen LogP contribution in [-0.4, -0.2) is 48.2 Å². The summed E-state index contributed by atoms with van der Waals surface area (Å²) in [6.45, 7) is 2.01. The zero-order chi connectivity index (χ0) is 28.7. The monoisotopic (exact) mass is 568 g/mol. The lowest BCUT2D eigenvalue weighted by Crippen LogP contribution is -2.58. The summed E-state index contributed by atoms with van der Waals surface area (Å²) in [5.41, 5.74) is 1.21. The van der Waals surface area contributed by atoms with Crippen LogP contribution in [0.1, 0.15) is 70.8 Å². The number of rotatable bonds is 5. The molecule has 42 heavy (non-hydrogen) atoms. The van der Waals surface area contributed by atoms with Gasteiger partial charge in [0, 0.05) is 30.2 Å². The molecule has 8 rings (SSSR count). The number of para-hydroxylation sites is 2. The van der Waals surface area contributed by atoms with E-state index in [1.807, 2.05) is 28.8 Å². The number of pyridine rings is 1. The van der Waals surface area contributed by atoms with Crippen LogP contribution in [0.5, 0.6) is 0 Å². The molecule has 3 aliphatic carbocycles. The predicted octanol–water partition coefficient (Wildman–Crippen LogP) is 4.94. The van der Waals surface area contributed by atoms with Crippen molar-refractivity contribution in [3.05, 3.63) is 63.2 Å². The second-order valence-corrected chi connectivity index (χ2v) is 14.0. The highest BCUT2D eigenvalue weighted by Crippen LogP contribution is 2.62. The largest absolute Gasteiger partial charge is 0.480 e. The highest BCUT2D eigenvalue weighted by molar-refractivity contribution is 5.78. The van der Waals surface area contributed by atoms with E-state index in [1.54, 1.807) is 12.1 Å². The van der Waals surface area contributed by atoms with Gasteiger partial charge in [0.05, 0.1) is 16.7 Å². The molecular weight excluding hydrogens is 528 g/mol. The fraction of sp³-hybridized carbons (Fsp3) is 0.588. The van der Waals surface area contributed by atoms with E-state index in [9.17, 15) is 19.5 Å². The number of hydrogen-bond acceptors (Lipinski definition) is 5. The number of aromatic nitrogens is 3. The second kappa shape index (κ2) is 9.90. The maximum absolute atomic E-state index is 14.4. The quantitative estimate of drug-likeness (QED) is 0.468. The lowest BCUT2D eigenvalue weighted by Gasteiger charge is -2.54. The van der Waals surface area contributed by atoms with Crippen LogP contribution in [0.15, 0.2) is 52.1 Å². The third-order valence-corrected chi connectivity index (χ3v) is 12.0. The van der Waals surface area contributed by atoms with Gasteiger partial charge in [-0.3, -0.25) is 23.9 Å². The first-order valence-electron chi connectivity index (χ1n) is 16.1. The molecule has 9 atom stereocenters. The zero-order valence-electron chi connectivity index (χ0n) is 24.3. The molecule has 2 aliphatic heterocycles. The highest BCUT2D eigenvalue weighted by atomic mass is 16.4. The average molecular weight is 569 g/mol. The molecule has 2 saturated heterocycles. The number of carbonyl (C=O) groups is 1. The van der Waals surface area contributed by atoms with Crippen molar-refractivity contribution in [2.45, 2.75) is 95.4 Å². The number of nitrogens with zero attached hydrogens (tertiary/aromatic N) is 4. The SMILES string of the molecule is CC1C2[C@H]3C[C@@H]1C[C@@H](N1[C@@H]4CCC[C@H]1CC(n1c(=O)c(-c5cccc(=O)n5CC(=O)O)nc5ccccc51)C4)C[C@@H]2C3. The van der Waals surface area contributed by atoms with Crippen LogP contribution in [0, 0.1) is 29.6 Å². The molecule has 4 heterocycles. The Labute approximate surface area is 245 Å². The maximum atomic E-state index is 14.4. The Hall–Kier alpha value is -3.26. The van der Waals surface area contributed by atoms with Gasteiger partial charge < -0.3 is 9.67 Å². The number of benzene rings is 1. The number of fused-ring (bicyclic) bond motifs is 4. The van der Waals surface area contributed by atoms with Gasteiger partial charge in [-0.15, -0.1) is 0 Å². The van der Waals surface area contributed by atoms with Crippen LogP contribution in [-0.2, 0) is 11.3 Å². The van der Waals surface area contributed by atoms with Crippen molar-refractivity contribution in [2.75, 3.05) is 0 Å². The van der Waals surface area contributed by atoms with Gasteiger partial charge >= 0.3 is 5.97 Å². The molecule has 4 bridgehead atoms. The van der Waals surface area contributed by atoms with Crippen molar-refractivity contribution in [1.29, 1.82) is 0 Å². The third-order valence-electron chi connectivity index (χ3n) is 12.0. The van der Waals surface area contributed by atoms with Crippen LogP contribution >= 0.6 is 0 Å². The maximum Gasteiger partial charge on any atom is 0.323 e. The van der Waals surface area contributed by atoms with Crippen molar-refractivity contribution in [2.24, 2.45) is 29.6 Å². The van der Waals surface area contributed by atoms with Crippen molar-refractivity contribution < 1.29 is 9.90 Å². The van der Waals surface area contributed by atoms with E-state index in [-0.39, 0.29) is 23.0 Å². The Morgan fingerprint density at radius 2 is 1.57 bits per heavy atom. The standard InChI is InChI=1S/C34H40N4O4/c1-19-20-12-21-13-22(32(19)21)15-25(14-20)37-23-6-4-7-24(37)17-26(16-23)38-28-9-3-2-8-27(28)35-33(34(38)42)29-10-5-11-30(39)36(29)18-31(40)41/h2-3,5,8-11,19-26,32H,4,6-7,12-18H2,1H3,(H,40,41)/t19?,20-,21+,22+,23-,24+,25-,26?,32?/m1/s1. The van der Waals surface area contributed by atoms with Crippen LogP contribution < -0.4 is 11.1 Å². The number of carboxylic acid groups (broad SMARTS) is 1. The summed E-state index contributed by atoms with van der Waals surface area (Å²) in [6, 6.07) is 13.9. The molecule has 0 spiro atoms. The van der Waals surface area contributed by atoms with Gasteiger partial charge in [-0.25, -0.2) is 4.98 Å². The highest BCUT2D eigenvalue weighted by Gasteiger charge is 2.56. The molecule has 8 heteroatoms. The van der Waals surface area contributed by atoms with Gasteiger partial charge in [0.2, 0.25) is 0 Å². The minimum Gasteiger partial charge on any atom is -0.480 e. The van der Waals surface area contributed by atoms with Gasteiger partial charge in [0.25, 0.3) is 11.1 Å². The van der Waals surface area contributed by atoms with E-state index in [4.69, 9.17) is 4.98 Å². The molecule has 5 aliphatic rings. The molecule has 1 N–H and O–H groups in total. The van der Waals surface area contributed by atoms with Crippen molar-refractivity contribution in [3.8, 4) is 11.4 Å². The van der Waals surface area contributed by atoms with E-state index in [0.29, 0.717) is 23.6 Å². The topological polar surface area (TPSA) is 97.4 Å². The number of piperidine rings is 2. The molecular formula is C34H40N4O4. The summed E-state index contributed by atoms with van der Waals surface area (Å²) < 4.78 is 3.09. The summed E-state index contributed by atoms with van der Waals surface area (Å²) in [5, 5.41) is 9.50. The van der Waals surface area contributed by atoms with Gasteiger partial charge in [-0.1, -0.05) is 31.5 Å². The Morgan fingerprint density at radius 1 is 0.857 bits per heavy atom. The lowest BCUT2D eigenvalue weighted by atomic mass is 9.62. The van der Waals surface area contributed by atoms with Gasteiger partial charge in [-0.05, 0) is 99.2 Å². The first-order chi connectivity index (χ1) is 20.4. The van der Waals surface area contributed by atoms with E-state index >= 15 is 0 Å². The fourth-order valence-corrected chi connectivity index (χ4v) is 10.4. The lowest BCUT2D eigenvalue weighted by molar-refractivity contribution is -0.137. The summed E-state index contributed by atoms with van der Waals surface area (Å²) in [6.07, 6.45) is 11.1. The molecule has 1 aromatic carbocycles. The number of aliphatic carboxylic acids is 1. The van der Waals surface area contributed by atoms with E-state index < -0.39 is 18.1 Å². The van der Waals surface area contributed by atoms with Crippen LogP contribution in [0.2, 0.25) is 0 Å². The molecule has 3 saturated carbocycles. The van der Waals surface area contributed by atoms with Gasteiger partial charge in [0.1, 0.15) is 6.54 Å². The minimum atomic E-state index is -1.13. The Balaban J connectivity index is 1.18. The molecule has 2 aromatic heterocycles. The third kappa shape index (κ3) is 4.04. The normalized spacial score (nSPS) is 35.5. The number of hydrogen-bond donors (Lipinski definition) is 1. The summed E-state index contributed by atoms with van der Waals surface area (Å²) >= 11 is 0. The Kier molecular flexibility index (Phi) is 6.22. The fourth-order valence-electron chi connectivity index (χ4n) is 10.4. The average Bonchev–Trinajstić information content (AvgIpc) is 3.11. The summed E-state index contributed by atoms with van der Waals surface area (Å²) in [4.78, 5) is 46.4. The molecule has 5 fully saturated rings. The van der Waals surface area contributed by atoms with Crippen LogP contribution in [0.25, 0.3) is 22.4 Å². The summed E-state index contributed by atoms with van der Waals surface area (Å²) in [7, 11) is 0. The number of carboxylic acids is 1. The Morgan fingerprint density at radius 3 is 2.36 bits per heavy atom. The molecule has 220 valence electrons.